The van der Waals surface area contributed by atoms with Crippen LogP contribution in [0.3, 0.4) is 0 Å². The smallest absolute Gasteiger partial charge is 0.254 e. The summed E-state index contributed by atoms with van der Waals surface area (Å²) in [6.07, 6.45) is 5.50. The van der Waals surface area contributed by atoms with E-state index in [0.717, 1.165) is 41.7 Å². The second-order valence-electron chi connectivity index (χ2n) is 12.5. The fourth-order valence-electron chi connectivity index (χ4n) is 7.90. The van der Waals surface area contributed by atoms with Gasteiger partial charge in [0.2, 0.25) is 11.8 Å². The van der Waals surface area contributed by atoms with E-state index in [1.807, 2.05) is 35.2 Å². The summed E-state index contributed by atoms with van der Waals surface area (Å²) in [5.74, 6) is 1.94. The van der Waals surface area contributed by atoms with Crippen molar-refractivity contribution in [3.8, 4) is 17.1 Å². The van der Waals surface area contributed by atoms with E-state index in [9.17, 15) is 4.79 Å². The van der Waals surface area contributed by atoms with Crippen LogP contribution in [0, 0.1) is 30.6 Å². The molecule has 2 aromatic carbocycles. The third-order valence-electron chi connectivity index (χ3n) is 10.2. The van der Waals surface area contributed by atoms with E-state index < -0.39 is 0 Å². The standard InChI is InChI=1S/C32H35N5O2S/c1-20-5-3-6-21(2)28(20)25-16-27-34-30(33-25)35-40-24-8-4-7-22(15-24)29(38)37-14-13-36(17-23(18-37)39-27)19-26-31(9-10-31)32(26)11-12-32/h3-8,15-16,23,26H,9-14,17-19H2,1-2H3,(H,33,34,35)/t23-/m1/s1. The van der Waals surface area contributed by atoms with E-state index >= 15 is 0 Å². The molecule has 1 saturated heterocycles. The van der Waals surface area contributed by atoms with Gasteiger partial charge in [-0.25, -0.2) is 4.98 Å². The number of benzene rings is 2. The lowest BCUT2D eigenvalue weighted by atomic mass is 10.00. The molecule has 0 unspecified atom stereocenters. The summed E-state index contributed by atoms with van der Waals surface area (Å²) in [7, 11) is 0. The predicted molar refractivity (Wildman–Crippen MR) is 156 cm³/mol. The number of hydrogen-bond donors (Lipinski definition) is 1. The molecule has 6 bridgehead atoms. The lowest BCUT2D eigenvalue weighted by molar-refractivity contribution is 0.0690. The maximum Gasteiger partial charge on any atom is 0.254 e. The van der Waals surface area contributed by atoms with Crippen molar-refractivity contribution in [2.75, 3.05) is 37.4 Å². The van der Waals surface area contributed by atoms with Crippen LogP contribution in [0.15, 0.2) is 53.4 Å². The van der Waals surface area contributed by atoms with Gasteiger partial charge in [0.05, 0.1) is 12.2 Å². The number of hydrogen-bond acceptors (Lipinski definition) is 7. The van der Waals surface area contributed by atoms with Crippen molar-refractivity contribution in [2.45, 2.75) is 50.5 Å². The Kier molecular flexibility index (Phi) is 5.52. The number of aromatic nitrogens is 2. The molecule has 3 saturated carbocycles. The second kappa shape index (κ2) is 8.95. The van der Waals surface area contributed by atoms with Gasteiger partial charge in [-0.05, 0) is 97.6 Å². The van der Waals surface area contributed by atoms with Crippen molar-refractivity contribution in [3.63, 3.8) is 0 Å². The van der Waals surface area contributed by atoms with Crippen LogP contribution in [-0.4, -0.2) is 64.5 Å². The zero-order valence-corrected chi connectivity index (χ0v) is 24.0. The minimum absolute atomic E-state index is 0.0647. The van der Waals surface area contributed by atoms with Crippen molar-refractivity contribution < 1.29 is 9.53 Å². The van der Waals surface area contributed by atoms with E-state index in [-0.39, 0.29) is 12.0 Å². The van der Waals surface area contributed by atoms with Crippen LogP contribution in [0.2, 0.25) is 0 Å². The summed E-state index contributed by atoms with van der Waals surface area (Å²) in [5.41, 5.74) is 6.30. The van der Waals surface area contributed by atoms with E-state index in [1.165, 1.54) is 48.8 Å². The largest absolute Gasteiger partial charge is 0.471 e. The number of ether oxygens (including phenoxy) is 1. The highest BCUT2D eigenvalue weighted by atomic mass is 32.2. The number of rotatable bonds is 3. The van der Waals surface area contributed by atoms with Crippen LogP contribution in [0.25, 0.3) is 11.3 Å². The minimum Gasteiger partial charge on any atom is -0.471 e. The highest BCUT2D eigenvalue weighted by Gasteiger charge is 2.86. The summed E-state index contributed by atoms with van der Waals surface area (Å²) < 4.78 is 10.0. The molecular formula is C32H35N5O2S. The number of carbonyl (C=O) groups is 1. The van der Waals surface area contributed by atoms with Gasteiger partial charge in [0, 0.05) is 48.3 Å². The molecular weight excluding hydrogens is 518 g/mol. The van der Waals surface area contributed by atoms with Gasteiger partial charge < -0.3 is 9.64 Å². The first-order chi connectivity index (χ1) is 19.4. The number of carbonyl (C=O) groups excluding carboxylic acids is 1. The first kappa shape index (κ1) is 24.7. The summed E-state index contributed by atoms with van der Waals surface area (Å²) >= 11 is 1.41. The van der Waals surface area contributed by atoms with Gasteiger partial charge in [-0.15, -0.1) is 0 Å². The average molecular weight is 554 g/mol. The molecule has 1 N–H and O–H groups in total. The Bertz CT molecular complexity index is 1480. The van der Waals surface area contributed by atoms with Crippen LogP contribution in [0.5, 0.6) is 5.88 Å². The molecule has 7 nitrogen and oxygen atoms in total. The number of nitrogens with one attached hydrogen (secondary N) is 1. The third kappa shape index (κ3) is 4.02. The molecule has 8 heteroatoms. The molecule has 2 spiro atoms. The van der Waals surface area contributed by atoms with E-state index in [0.29, 0.717) is 41.3 Å². The van der Waals surface area contributed by atoms with Crippen molar-refractivity contribution in [2.24, 2.45) is 16.7 Å². The summed E-state index contributed by atoms with van der Waals surface area (Å²) in [4.78, 5) is 28.9. The Hall–Kier alpha value is -3.10. The normalized spacial score (nSPS) is 24.3. The highest BCUT2D eigenvalue weighted by molar-refractivity contribution is 8.00. The van der Waals surface area contributed by atoms with Gasteiger partial charge in [-0.3, -0.25) is 14.4 Å². The van der Waals surface area contributed by atoms with Crippen LogP contribution in [0.1, 0.15) is 47.2 Å². The molecule has 40 heavy (non-hydrogen) atoms. The molecule has 1 atom stereocenters. The second-order valence-corrected chi connectivity index (χ2v) is 13.4. The lowest BCUT2D eigenvalue weighted by Crippen LogP contribution is -2.40. The molecule has 2 aliphatic heterocycles. The highest BCUT2D eigenvalue weighted by Crippen LogP contribution is 2.92. The van der Waals surface area contributed by atoms with Crippen molar-refractivity contribution in [1.82, 2.24) is 19.8 Å². The first-order valence-electron chi connectivity index (χ1n) is 14.6. The van der Waals surface area contributed by atoms with Gasteiger partial charge in [0.25, 0.3) is 5.91 Å². The van der Waals surface area contributed by atoms with Gasteiger partial charge >= 0.3 is 0 Å². The Morgan fingerprint density at radius 2 is 1.73 bits per heavy atom. The van der Waals surface area contributed by atoms with Crippen molar-refractivity contribution in [1.29, 1.82) is 0 Å². The number of anilines is 1. The molecule has 5 aliphatic rings. The fraction of sp³-hybridized carbons (Fsp3) is 0.469. The maximum absolute atomic E-state index is 13.7. The van der Waals surface area contributed by atoms with Gasteiger partial charge in [-0.1, -0.05) is 24.3 Å². The monoisotopic (exact) mass is 553 g/mol. The van der Waals surface area contributed by atoms with E-state index in [4.69, 9.17) is 14.7 Å². The molecule has 1 aromatic heterocycles. The molecule has 8 rings (SSSR count). The average Bonchev–Trinajstić information content (AvgIpc) is 3.86. The SMILES string of the molecule is Cc1cccc(C)c1-c1cc2nc(n1)NSc1cccc(c1)C(=O)N1CCN(CC3C4(CC4)C34CC4)C[C@H](C1)O2. The predicted octanol–water partition coefficient (Wildman–Crippen LogP) is 5.59. The molecule has 3 aromatic rings. The first-order valence-corrected chi connectivity index (χ1v) is 15.4. The van der Waals surface area contributed by atoms with Crippen molar-refractivity contribution in [3.05, 3.63) is 65.2 Å². The third-order valence-corrected chi connectivity index (χ3v) is 11.0. The van der Waals surface area contributed by atoms with Crippen LogP contribution < -0.4 is 9.46 Å². The summed E-state index contributed by atoms with van der Waals surface area (Å²) in [6, 6.07) is 16.1. The maximum atomic E-state index is 13.7. The topological polar surface area (TPSA) is 70.6 Å². The van der Waals surface area contributed by atoms with Crippen LogP contribution in [0.4, 0.5) is 5.95 Å². The van der Waals surface area contributed by atoms with E-state index in [2.05, 4.69) is 41.7 Å². The Morgan fingerprint density at radius 1 is 0.975 bits per heavy atom. The molecule has 3 aliphatic carbocycles. The fourth-order valence-corrected chi connectivity index (χ4v) is 8.53. The van der Waals surface area contributed by atoms with Crippen molar-refractivity contribution >= 4 is 23.8 Å². The molecule has 1 amide bonds. The van der Waals surface area contributed by atoms with E-state index in [1.54, 1.807) is 0 Å². The molecule has 4 fully saturated rings. The Balaban J connectivity index is 1.16. The number of fused-ring (bicyclic) bond motifs is 7. The molecule has 0 radical (unpaired) electrons. The quantitative estimate of drug-likeness (QED) is 0.424. The van der Waals surface area contributed by atoms with Gasteiger partial charge in [0.15, 0.2) is 0 Å². The molecule has 206 valence electrons. The van der Waals surface area contributed by atoms with Crippen LogP contribution in [-0.2, 0) is 0 Å². The van der Waals surface area contributed by atoms with Gasteiger partial charge in [0.1, 0.15) is 6.10 Å². The zero-order chi connectivity index (χ0) is 27.1. The minimum atomic E-state index is -0.180. The Morgan fingerprint density at radius 3 is 2.48 bits per heavy atom. The van der Waals surface area contributed by atoms with Crippen LogP contribution >= 0.6 is 11.9 Å². The Labute approximate surface area is 239 Å². The summed E-state index contributed by atoms with van der Waals surface area (Å²) in [6.45, 7) is 8.29. The lowest BCUT2D eigenvalue weighted by Gasteiger charge is -2.25. The van der Waals surface area contributed by atoms with Gasteiger partial charge in [-0.2, -0.15) is 4.98 Å². The number of amides is 1. The number of aryl methyl sites for hydroxylation is 2. The summed E-state index contributed by atoms with van der Waals surface area (Å²) in [5, 5.41) is 0. The zero-order valence-electron chi connectivity index (χ0n) is 23.2. The molecule has 3 heterocycles. The number of nitrogens with zero attached hydrogens (tertiary/aromatic N) is 4.